The molecule has 1 N–H and O–H groups in total. The number of likely N-dealkylation sites (N-methyl/N-ethyl adjacent to an activating group) is 1. The highest BCUT2D eigenvalue weighted by molar-refractivity contribution is 5.70. The lowest BCUT2D eigenvalue weighted by Gasteiger charge is -2.58. The third-order valence-electron chi connectivity index (χ3n) is 9.24. The molecule has 0 spiro atoms. The molecular weight excluding hydrogens is 372 g/mol. The van der Waals surface area contributed by atoms with Gasteiger partial charge in [-0.3, -0.25) is 0 Å². The molecule has 0 aromatic rings. The summed E-state index contributed by atoms with van der Waals surface area (Å²) in [7, 11) is 4.03. The van der Waals surface area contributed by atoms with Crippen molar-refractivity contribution in [2.45, 2.75) is 77.2 Å². The second kappa shape index (κ2) is 8.43. The number of hydrogen-bond acceptors (Lipinski definition) is 4. The van der Waals surface area contributed by atoms with Crippen LogP contribution in [-0.4, -0.2) is 49.1 Å². The smallest absolute Gasteiger partial charge is 0.129 e. The minimum absolute atomic E-state index is 0.288. The van der Waals surface area contributed by atoms with Crippen molar-refractivity contribution in [1.82, 2.24) is 4.90 Å². The SMILES string of the molecule is CN(C)CCON=CC=C[C@]1(O)CC[C@@]2(C)C(=CC[C@H]3[C@@H]4CCC[C@@]4(C)CC[C@@H]32)C1. The fourth-order valence-corrected chi connectivity index (χ4v) is 7.38. The molecule has 0 amide bonds. The molecule has 30 heavy (non-hydrogen) atoms. The van der Waals surface area contributed by atoms with Gasteiger partial charge in [-0.1, -0.05) is 43.1 Å². The minimum atomic E-state index is -0.746. The molecule has 4 rings (SSSR count). The van der Waals surface area contributed by atoms with Crippen molar-refractivity contribution < 1.29 is 9.94 Å². The molecule has 0 aromatic heterocycles. The summed E-state index contributed by atoms with van der Waals surface area (Å²) in [6.07, 6.45) is 19.1. The van der Waals surface area contributed by atoms with E-state index in [1.807, 2.05) is 26.2 Å². The zero-order valence-corrected chi connectivity index (χ0v) is 19.6. The zero-order chi connectivity index (χ0) is 21.4. The summed E-state index contributed by atoms with van der Waals surface area (Å²) in [6.45, 7) is 6.50. The molecular formula is C26H42N2O2. The van der Waals surface area contributed by atoms with E-state index in [0.717, 1.165) is 43.6 Å². The van der Waals surface area contributed by atoms with Crippen molar-refractivity contribution in [2.75, 3.05) is 27.2 Å². The highest BCUT2D eigenvalue weighted by Gasteiger charge is 2.56. The standard InChI is InChI=1S/C26H42N2O2/c1-24-11-5-7-22(24)21-9-8-20-19-26(29,12-6-16-27-30-18-17-28(3)4)15-14-25(20,2)23(21)10-13-24/h6,8,12,16,21-23,29H,5,7,9-11,13-15,17-19H2,1-4H3/t21-,22-,23-,24-,25-,26-/m0/s1. The summed E-state index contributed by atoms with van der Waals surface area (Å²) in [5.74, 6) is 2.61. The lowest BCUT2D eigenvalue weighted by molar-refractivity contribution is -0.0486. The van der Waals surface area contributed by atoms with E-state index in [0.29, 0.717) is 12.0 Å². The molecule has 0 radical (unpaired) electrons. The van der Waals surface area contributed by atoms with Crippen LogP contribution in [0.3, 0.4) is 0 Å². The highest BCUT2D eigenvalue weighted by atomic mass is 16.6. The van der Waals surface area contributed by atoms with Crippen molar-refractivity contribution in [1.29, 1.82) is 0 Å². The van der Waals surface area contributed by atoms with Gasteiger partial charge >= 0.3 is 0 Å². The first-order chi connectivity index (χ1) is 14.3. The second-order valence-corrected chi connectivity index (χ2v) is 11.4. The topological polar surface area (TPSA) is 45.1 Å². The van der Waals surface area contributed by atoms with E-state index in [9.17, 15) is 5.11 Å². The van der Waals surface area contributed by atoms with E-state index >= 15 is 0 Å². The van der Waals surface area contributed by atoms with Gasteiger partial charge in [-0.25, -0.2) is 0 Å². The molecule has 6 atom stereocenters. The Hall–Kier alpha value is -1.13. The summed E-state index contributed by atoms with van der Waals surface area (Å²) in [5.41, 5.74) is 1.67. The van der Waals surface area contributed by atoms with Crippen LogP contribution in [0.4, 0.5) is 0 Å². The van der Waals surface area contributed by atoms with Gasteiger partial charge in [-0.05, 0) is 93.7 Å². The number of oxime groups is 1. The predicted molar refractivity (Wildman–Crippen MR) is 123 cm³/mol. The first-order valence-electron chi connectivity index (χ1n) is 12.2. The Labute approximate surface area is 183 Å². The molecule has 0 saturated heterocycles. The van der Waals surface area contributed by atoms with Crippen LogP contribution in [0.5, 0.6) is 0 Å². The van der Waals surface area contributed by atoms with Crippen LogP contribution in [0.15, 0.2) is 29.0 Å². The predicted octanol–water partition coefficient (Wildman–Crippen LogP) is 5.19. The Balaban J connectivity index is 1.40. The molecule has 3 fully saturated rings. The quantitative estimate of drug-likeness (QED) is 0.281. The first kappa shape index (κ1) is 22.1. The van der Waals surface area contributed by atoms with Gasteiger partial charge < -0.3 is 14.8 Å². The van der Waals surface area contributed by atoms with Gasteiger partial charge in [0.05, 0.1) is 11.8 Å². The minimum Gasteiger partial charge on any atom is -0.394 e. The number of rotatable bonds is 6. The maximum atomic E-state index is 11.3. The van der Waals surface area contributed by atoms with Crippen LogP contribution in [0.2, 0.25) is 0 Å². The van der Waals surface area contributed by atoms with Gasteiger partial charge in [0.1, 0.15) is 6.61 Å². The third kappa shape index (κ3) is 4.14. The van der Waals surface area contributed by atoms with Gasteiger partial charge in [0.15, 0.2) is 0 Å². The molecule has 4 nitrogen and oxygen atoms in total. The van der Waals surface area contributed by atoms with Crippen LogP contribution in [0, 0.1) is 28.6 Å². The molecule has 0 aliphatic heterocycles. The average Bonchev–Trinajstić information content (AvgIpc) is 3.09. The summed E-state index contributed by atoms with van der Waals surface area (Å²) in [5, 5.41) is 15.2. The fourth-order valence-electron chi connectivity index (χ4n) is 7.38. The second-order valence-electron chi connectivity index (χ2n) is 11.4. The van der Waals surface area contributed by atoms with Gasteiger partial charge in [-0.2, -0.15) is 0 Å². The normalized spacial score (nSPS) is 43.5. The van der Waals surface area contributed by atoms with E-state index in [2.05, 4.69) is 30.0 Å². The van der Waals surface area contributed by atoms with Crippen LogP contribution in [0.25, 0.3) is 0 Å². The largest absolute Gasteiger partial charge is 0.394 e. The Morgan fingerprint density at radius 2 is 2.00 bits per heavy atom. The molecule has 0 unspecified atom stereocenters. The van der Waals surface area contributed by atoms with E-state index < -0.39 is 5.60 Å². The molecule has 3 saturated carbocycles. The molecule has 0 bridgehead atoms. The Morgan fingerprint density at radius 3 is 2.80 bits per heavy atom. The molecule has 4 aliphatic rings. The summed E-state index contributed by atoms with van der Waals surface area (Å²) in [4.78, 5) is 7.32. The maximum absolute atomic E-state index is 11.3. The zero-order valence-electron chi connectivity index (χ0n) is 19.6. The number of allylic oxidation sites excluding steroid dienone is 2. The van der Waals surface area contributed by atoms with Crippen LogP contribution in [0.1, 0.15) is 71.6 Å². The molecule has 4 heteroatoms. The van der Waals surface area contributed by atoms with Crippen molar-refractivity contribution in [3.05, 3.63) is 23.8 Å². The highest BCUT2D eigenvalue weighted by Crippen LogP contribution is 2.65. The van der Waals surface area contributed by atoms with E-state index in [4.69, 9.17) is 4.84 Å². The van der Waals surface area contributed by atoms with Crippen molar-refractivity contribution in [3.8, 4) is 0 Å². The van der Waals surface area contributed by atoms with E-state index in [-0.39, 0.29) is 5.41 Å². The third-order valence-corrected chi connectivity index (χ3v) is 9.24. The summed E-state index contributed by atoms with van der Waals surface area (Å²) >= 11 is 0. The summed E-state index contributed by atoms with van der Waals surface area (Å²) in [6, 6.07) is 0. The van der Waals surface area contributed by atoms with Crippen molar-refractivity contribution in [2.24, 2.45) is 33.7 Å². The molecule has 4 aliphatic carbocycles. The number of fused-ring (bicyclic) bond motifs is 5. The van der Waals surface area contributed by atoms with Gasteiger partial charge in [0.2, 0.25) is 0 Å². The van der Waals surface area contributed by atoms with Crippen LogP contribution < -0.4 is 0 Å². The van der Waals surface area contributed by atoms with Gasteiger partial charge in [-0.15, -0.1) is 0 Å². The fraction of sp³-hybridized carbons (Fsp3) is 0.808. The number of nitrogens with zero attached hydrogens (tertiary/aromatic N) is 2. The Morgan fingerprint density at radius 1 is 1.17 bits per heavy atom. The number of aliphatic hydroxyl groups is 1. The lowest BCUT2D eigenvalue weighted by Crippen LogP contribution is -2.51. The molecule has 0 aromatic carbocycles. The van der Waals surface area contributed by atoms with Gasteiger partial charge in [0.25, 0.3) is 0 Å². The Bertz CT molecular complexity index is 714. The average molecular weight is 415 g/mol. The van der Waals surface area contributed by atoms with Gasteiger partial charge in [0, 0.05) is 13.0 Å². The van der Waals surface area contributed by atoms with Crippen LogP contribution >= 0.6 is 0 Å². The van der Waals surface area contributed by atoms with Crippen LogP contribution in [-0.2, 0) is 4.84 Å². The van der Waals surface area contributed by atoms with E-state index in [1.54, 1.807) is 6.21 Å². The maximum Gasteiger partial charge on any atom is 0.129 e. The Kier molecular flexibility index (Phi) is 6.20. The lowest BCUT2D eigenvalue weighted by atomic mass is 9.47. The molecule has 0 heterocycles. The van der Waals surface area contributed by atoms with E-state index in [1.165, 1.54) is 44.1 Å². The molecule has 168 valence electrons. The monoisotopic (exact) mass is 414 g/mol. The van der Waals surface area contributed by atoms with Crippen molar-refractivity contribution in [3.63, 3.8) is 0 Å². The first-order valence-corrected chi connectivity index (χ1v) is 12.2. The number of hydrogen-bond donors (Lipinski definition) is 1. The van der Waals surface area contributed by atoms with Crippen molar-refractivity contribution >= 4 is 6.21 Å². The summed E-state index contributed by atoms with van der Waals surface area (Å²) < 4.78 is 0.